The van der Waals surface area contributed by atoms with E-state index in [1.807, 2.05) is 13.0 Å². The molecule has 1 N–H and O–H groups in total. The van der Waals surface area contributed by atoms with Crippen molar-refractivity contribution < 1.29 is 18.3 Å². The number of halogens is 3. The van der Waals surface area contributed by atoms with Crippen molar-refractivity contribution in [3.63, 3.8) is 0 Å². The molecule has 0 saturated heterocycles. The van der Waals surface area contributed by atoms with E-state index in [0.717, 1.165) is 44.6 Å². The highest BCUT2D eigenvalue weighted by molar-refractivity contribution is 5.37. The number of hydrogen-bond acceptors (Lipinski definition) is 1. The van der Waals surface area contributed by atoms with E-state index in [1.54, 1.807) is 6.07 Å². The van der Waals surface area contributed by atoms with Gasteiger partial charge in [-0.3, -0.25) is 0 Å². The third-order valence-corrected chi connectivity index (χ3v) is 3.86. The Labute approximate surface area is 125 Å². The lowest BCUT2D eigenvalue weighted by molar-refractivity contribution is -0.259. The highest BCUT2D eigenvalue weighted by Gasteiger charge is 2.51. The SMILES string of the molecule is CCCCc1ccc(C(C)(O)C(F)(F)F)c(CCCC)c1. The third kappa shape index (κ3) is 4.47. The van der Waals surface area contributed by atoms with Gasteiger partial charge in [0.2, 0.25) is 0 Å². The van der Waals surface area contributed by atoms with E-state index in [-0.39, 0.29) is 5.56 Å². The zero-order valence-corrected chi connectivity index (χ0v) is 13.1. The quantitative estimate of drug-likeness (QED) is 0.739. The summed E-state index contributed by atoms with van der Waals surface area (Å²) in [5, 5.41) is 9.94. The maximum atomic E-state index is 13.1. The van der Waals surface area contributed by atoms with Crippen LogP contribution in [0.2, 0.25) is 0 Å². The van der Waals surface area contributed by atoms with Crippen LogP contribution in [-0.2, 0) is 18.4 Å². The van der Waals surface area contributed by atoms with Crippen LogP contribution in [0.3, 0.4) is 0 Å². The standard InChI is InChI=1S/C17H25F3O/c1-4-6-8-13-10-11-15(14(12-13)9-7-5-2)16(3,21)17(18,19)20/h10-12,21H,4-9H2,1-3H3. The van der Waals surface area contributed by atoms with Crippen molar-refractivity contribution >= 4 is 0 Å². The molecular formula is C17H25F3O. The smallest absolute Gasteiger partial charge is 0.376 e. The van der Waals surface area contributed by atoms with E-state index >= 15 is 0 Å². The van der Waals surface area contributed by atoms with Gasteiger partial charge in [-0.15, -0.1) is 0 Å². The summed E-state index contributed by atoms with van der Waals surface area (Å²) >= 11 is 0. The van der Waals surface area contributed by atoms with Crippen molar-refractivity contribution in [2.75, 3.05) is 0 Å². The lowest BCUT2D eigenvalue weighted by Crippen LogP contribution is -2.40. The fraction of sp³-hybridized carbons (Fsp3) is 0.647. The lowest BCUT2D eigenvalue weighted by Gasteiger charge is -2.29. The van der Waals surface area contributed by atoms with E-state index in [9.17, 15) is 18.3 Å². The van der Waals surface area contributed by atoms with Gasteiger partial charge in [0.15, 0.2) is 5.60 Å². The monoisotopic (exact) mass is 302 g/mol. The largest absolute Gasteiger partial charge is 0.421 e. The molecule has 21 heavy (non-hydrogen) atoms. The van der Waals surface area contributed by atoms with Crippen molar-refractivity contribution in [1.82, 2.24) is 0 Å². The molecule has 0 bridgehead atoms. The van der Waals surface area contributed by atoms with Crippen LogP contribution in [0.1, 0.15) is 63.1 Å². The molecular weight excluding hydrogens is 277 g/mol. The predicted molar refractivity (Wildman–Crippen MR) is 79.3 cm³/mol. The first-order valence-electron chi connectivity index (χ1n) is 7.65. The summed E-state index contributed by atoms with van der Waals surface area (Å²) in [7, 11) is 0. The van der Waals surface area contributed by atoms with Crippen LogP contribution in [0.5, 0.6) is 0 Å². The Bertz CT molecular complexity index is 450. The van der Waals surface area contributed by atoms with E-state index in [0.29, 0.717) is 12.0 Å². The second kappa shape index (κ2) is 7.30. The predicted octanol–water partition coefficient (Wildman–Crippen LogP) is 5.14. The summed E-state index contributed by atoms with van der Waals surface area (Å²) < 4.78 is 39.2. The molecule has 0 amide bonds. The van der Waals surface area contributed by atoms with Crippen LogP contribution in [-0.4, -0.2) is 11.3 Å². The van der Waals surface area contributed by atoms with Crippen molar-refractivity contribution in [1.29, 1.82) is 0 Å². The molecule has 0 fully saturated rings. The molecule has 1 rings (SSSR count). The molecule has 0 heterocycles. The molecule has 4 heteroatoms. The van der Waals surface area contributed by atoms with Crippen molar-refractivity contribution in [3.05, 3.63) is 34.9 Å². The second-order valence-corrected chi connectivity index (χ2v) is 5.77. The van der Waals surface area contributed by atoms with E-state index in [4.69, 9.17) is 0 Å². The summed E-state index contributed by atoms with van der Waals surface area (Å²) in [4.78, 5) is 0. The number of aliphatic hydroxyl groups is 1. The number of rotatable bonds is 7. The van der Waals surface area contributed by atoms with Gasteiger partial charge < -0.3 is 5.11 Å². The number of alkyl halides is 3. The molecule has 1 aromatic carbocycles. The van der Waals surface area contributed by atoms with Gasteiger partial charge in [-0.05, 0) is 49.3 Å². The van der Waals surface area contributed by atoms with E-state index in [1.165, 1.54) is 6.07 Å². The second-order valence-electron chi connectivity index (χ2n) is 5.77. The van der Waals surface area contributed by atoms with Crippen molar-refractivity contribution in [2.45, 2.75) is 71.1 Å². The molecule has 1 aromatic rings. The average molecular weight is 302 g/mol. The Morgan fingerprint density at radius 3 is 2.10 bits per heavy atom. The Kier molecular flexibility index (Phi) is 6.26. The number of hydrogen-bond donors (Lipinski definition) is 1. The average Bonchev–Trinajstić information content (AvgIpc) is 2.41. The highest BCUT2D eigenvalue weighted by atomic mass is 19.4. The summed E-state index contributed by atoms with van der Waals surface area (Å²) in [6.45, 7) is 4.92. The minimum absolute atomic E-state index is 0.0105. The number of aryl methyl sites for hydroxylation is 2. The summed E-state index contributed by atoms with van der Waals surface area (Å²) in [5.74, 6) is 0. The fourth-order valence-corrected chi connectivity index (χ4v) is 2.39. The first-order valence-corrected chi connectivity index (χ1v) is 7.65. The normalized spacial score (nSPS) is 15.0. The minimum atomic E-state index is -4.67. The fourth-order valence-electron chi connectivity index (χ4n) is 2.39. The first kappa shape index (κ1) is 18.0. The van der Waals surface area contributed by atoms with Gasteiger partial charge in [0.05, 0.1) is 0 Å². The van der Waals surface area contributed by atoms with Crippen LogP contribution < -0.4 is 0 Å². The highest BCUT2D eigenvalue weighted by Crippen LogP contribution is 2.40. The topological polar surface area (TPSA) is 20.2 Å². The number of benzene rings is 1. The Morgan fingerprint density at radius 1 is 1.00 bits per heavy atom. The molecule has 120 valence electrons. The maximum Gasteiger partial charge on any atom is 0.421 e. The summed E-state index contributed by atoms with van der Waals surface area (Å²) in [6, 6.07) is 4.99. The first-order chi connectivity index (χ1) is 9.74. The molecule has 0 spiro atoms. The van der Waals surface area contributed by atoms with Crippen molar-refractivity contribution in [2.24, 2.45) is 0 Å². The molecule has 1 atom stereocenters. The van der Waals surface area contributed by atoms with E-state index in [2.05, 4.69) is 6.92 Å². The van der Waals surface area contributed by atoms with Gasteiger partial charge in [-0.2, -0.15) is 13.2 Å². The van der Waals surface area contributed by atoms with Crippen LogP contribution in [0.25, 0.3) is 0 Å². The molecule has 1 nitrogen and oxygen atoms in total. The van der Waals surface area contributed by atoms with Crippen LogP contribution >= 0.6 is 0 Å². The van der Waals surface area contributed by atoms with Crippen molar-refractivity contribution in [3.8, 4) is 0 Å². The van der Waals surface area contributed by atoms with Crippen LogP contribution in [0.15, 0.2) is 18.2 Å². The molecule has 0 radical (unpaired) electrons. The van der Waals surface area contributed by atoms with Gasteiger partial charge in [-0.1, -0.05) is 44.9 Å². The zero-order valence-electron chi connectivity index (χ0n) is 13.1. The molecule has 0 aliphatic rings. The molecule has 0 aliphatic carbocycles. The zero-order chi connectivity index (χ0) is 16.1. The third-order valence-electron chi connectivity index (χ3n) is 3.86. The van der Waals surface area contributed by atoms with Gasteiger partial charge in [0.25, 0.3) is 0 Å². The summed E-state index contributed by atoms with van der Waals surface area (Å²) in [6.07, 6.45) is 0.556. The molecule has 0 aliphatic heterocycles. The molecule has 0 saturated carbocycles. The van der Waals surface area contributed by atoms with Crippen LogP contribution in [0.4, 0.5) is 13.2 Å². The maximum absolute atomic E-state index is 13.1. The van der Waals surface area contributed by atoms with Crippen LogP contribution in [0, 0.1) is 0 Å². The van der Waals surface area contributed by atoms with Gasteiger partial charge in [0, 0.05) is 0 Å². The number of unbranched alkanes of at least 4 members (excludes halogenated alkanes) is 2. The molecule has 0 aromatic heterocycles. The Balaban J connectivity index is 3.18. The van der Waals surface area contributed by atoms with E-state index < -0.39 is 11.8 Å². The van der Waals surface area contributed by atoms with Gasteiger partial charge >= 0.3 is 6.18 Å². The van der Waals surface area contributed by atoms with Gasteiger partial charge in [0.1, 0.15) is 0 Å². The minimum Gasteiger partial charge on any atom is -0.376 e. The summed E-state index contributed by atoms with van der Waals surface area (Å²) in [5.41, 5.74) is -1.14. The Hall–Kier alpha value is -1.03. The molecule has 1 unspecified atom stereocenters. The lowest BCUT2D eigenvalue weighted by atomic mass is 9.87. The Morgan fingerprint density at radius 2 is 1.57 bits per heavy atom. The van der Waals surface area contributed by atoms with Gasteiger partial charge in [-0.25, -0.2) is 0 Å².